The molecule has 92 valence electrons. The summed E-state index contributed by atoms with van der Waals surface area (Å²) in [5.74, 6) is 0.727. The first-order valence-corrected chi connectivity index (χ1v) is 6.01. The molecule has 3 N–H and O–H groups in total. The second-order valence-electron chi connectivity index (χ2n) is 4.25. The molecule has 0 radical (unpaired) electrons. The van der Waals surface area contributed by atoms with Crippen molar-refractivity contribution in [2.75, 3.05) is 13.2 Å². The van der Waals surface area contributed by atoms with Crippen LogP contribution in [-0.4, -0.2) is 19.1 Å². The van der Waals surface area contributed by atoms with E-state index in [4.69, 9.17) is 10.5 Å². The van der Waals surface area contributed by atoms with Gasteiger partial charge < -0.3 is 15.8 Å². The zero-order valence-corrected chi connectivity index (χ0v) is 9.82. The number of hydrogen-bond donors (Lipinski definition) is 2. The Hall–Kier alpha value is -1.55. The summed E-state index contributed by atoms with van der Waals surface area (Å²) in [5, 5.41) is 3.45. The Labute approximate surface area is 101 Å². The molecule has 0 fully saturated rings. The van der Waals surface area contributed by atoms with Crippen LogP contribution in [0.15, 0.2) is 24.3 Å². The second-order valence-corrected chi connectivity index (χ2v) is 4.25. The van der Waals surface area contributed by atoms with Gasteiger partial charge in [-0.05, 0) is 19.0 Å². The van der Waals surface area contributed by atoms with Crippen LogP contribution in [0.25, 0.3) is 0 Å². The fraction of sp³-hybridized carbons (Fsp3) is 0.462. The number of nitrogens with two attached hydrogens (primary N) is 1. The van der Waals surface area contributed by atoms with Gasteiger partial charge in [0.15, 0.2) is 0 Å². The predicted molar refractivity (Wildman–Crippen MR) is 65.7 cm³/mol. The number of primary amides is 1. The number of amides is 1. The quantitative estimate of drug-likeness (QED) is 0.756. The number of ether oxygens (including phenoxy) is 1. The van der Waals surface area contributed by atoms with E-state index < -0.39 is 0 Å². The first kappa shape index (κ1) is 11.9. The molecule has 0 bridgehead atoms. The smallest absolute Gasteiger partial charge is 0.217 e. The largest absolute Gasteiger partial charge is 0.493 e. The van der Waals surface area contributed by atoms with E-state index in [0.29, 0.717) is 12.5 Å². The minimum absolute atomic E-state index is 0.237. The van der Waals surface area contributed by atoms with Crippen molar-refractivity contribution >= 4 is 5.91 Å². The normalized spacial score (nSPS) is 18.2. The van der Waals surface area contributed by atoms with Crippen molar-refractivity contribution < 1.29 is 9.53 Å². The van der Waals surface area contributed by atoms with Gasteiger partial charge in [-0.1, -0.05) is 18.2 Å². The van der Waals surface area contributed by atoms with E-state index in [9.17, 15) is 4.79 Å². The standard InChI is InChI=1S/C13H18N2O2/c14-13(16)6-3-8-15-11-7-9-17-12-5-2-1-4-10(11)12/h1-2,4-5,11,15H,3,6-9H2,(H2,14,16). The summed E-state index contributed by atoms with van der Waals surface area (Å²) < 4.78 is 5.58. The number of para-hydroxylation sites is 1. The number of hydrogen-bond acceptors (Lipinski definition) is 3. The fourth-order valence-electron chi connectivity index (χ4n) is 2.09. The average Bonchev–Trinajstić information content (AvgIpc) is 2.34. The number of rotatable bonds is 5. The predicted octanol–water partition coefficient (Wildman–Crippen LogP) is 1.37. The van der Waals surface area contributed by atoms with Gasteiger partial charge in [0.1, 0.15) is 5.75 Å². The van der Waals surface area contributed by atoms with Gasteiger partial charge >= 0.3 is 0 Å². The first-order valence-electron chi connectivity index (χ1n) is 6.01. The van der Waals surface area contributed by atoms with Gasteiger partial charge in [0.25, 0.3) is 0 Å². The first-order chi connectivity index (χ1) is 8.27. The highest BCUT2D eigenvalue weighted by molar-refractivity contribution is 5.73. The molecule has 2 rings (SSSR count). The third kappa shape index (κ3) is 3.20. The molecule has 17 heavy (non-hydrogen) atoms. The lowest BCUT2D eigenvalue weighted by Gasteiger charge is -2.26. The molecule has 1 aliphatic heterocycles. The highest BCUT2D eigenvalue weighted by Crippen LogP contribution is 2.31. The van der Waals surface area contributed by atoms with Crippen molar-refractivity contribution in [3.8, 4) is 5.75 Å². The molecule has 1 aromatic carbocycles. The average molecular weight is 234 g/mol. The molecule has 0 saturated carbocycles. The van der Waals surface area contributed by atoms with Gasteiger partial charge in [-0.25, -0.2) is 0 Å². The third-order valence-corrected chi connectivity index (χ3v) is 2.95. The summed E-state index contributed by atoms with van der Waals surface area (Å²) >= 11 is 0. The monoisotopic (exact) mass is 234 g/mol. The number of carbonyl (C=O) groups excluding carboxylic acids is 1. The van der Waals surface area contributed by atoms with E-state index in [-0.39, 0.29) is 5.91 Å². The molecule has 1 heterocycles. The van der Waals surface area contributed by atoms with E-state index in [2.05, 4.69) is 11.4 Å². The van der Waals surface area contributed by atoms with Crippen LogP contribution in [0, 0.1) is 0 Å². The van der Waals surface area contributed by atoms with E-state index in [1.54, 1.807) is 0 Å². The van der Waals surface area contributed by atoms with Crippen molar-refractivity contribution in [1.29, 1.82) is 0 Å². The van der Waals surface area contributed by atoms with E-state index >= 15 is 0 Å². The van der Waals surface area contributed by atoms with Crippen LogP contribution in [0.5, 0.6) is 5.75 Å². The summed E-state index contributed by atoms with van der Waals surface area (Å²) in [4.78, 5) is 10.6. The second kappa shape index (κ2) is 5.68. The molecule has 1 aromatic rings. The molecule has 4 nitrogen and oxygen atoms in total. The Balaban J connectivity index is 1.88. The van der Waals surface area contributed by atoms with Crippen LogP contribution >= 0.6 is 0 Å². The molecular weight excluding hydrogens is 216 g/mol. The molecule has 0 aromatic heterocycles. The van der Waals surface area contributed by atoms with E-state index in [0.717, 1.165) is 31.7 Å². The highest BCUT2D eigenvalue weighted by atomic mass is 16.5. The van der Waals surface area contributed by atoms with Crippen LogP contribution in [0.3, 0.4) is 0 Å². The number of nitrogens with one attached hydrogen (secondary N) is 1. The molecule has 1 amide bonds. The van der Waals surface area contributed by atoms with Crippen LogP contribution in [0.2, 0.25) is 0 Å². The SMILES string of the molecule is NC(=O)CCCNC1CCOc2ccccc21. The van der Waals surface area contributed by atoms with Gasteiger partial charge in [-0.3, -0.25) is 4.79 Å². The van der Waals surface area contributed by atoms with Crippen molar-refractivity contribution in [2.24, 2.45) is 5.73 Å². The summed E-state index contributed by atoms with van der Waals surface area (Å²) in [5.41, 5.74) is 6.31. The van der Waals surface area contributed by atoms with Crippen molar-refractivity contribution in [3.63, 3.8) is 0 Å². The Kier molecular flexibility index (Phi) is 3.98. The lowest BCUT2D eigenvalue weighted by molar-refractivity contribution is -0.118. The molecule has 4 heteroatoms. The maximum Gasteiger partial charge on any atom is 0.217 e. The maximum atomic E-state index is 10.6. The van der Waals surface area contributed by atoms with Gasteiger partial charge in [0.2, 0.25) is 5.91 Å². The topological polar surface area (TPSA) is 64.4 Å². The van der Waals surface area contributed by atoms with Crippen molar-refractivity contribution in [2.45, 2.75) is 25.3 Å². The molecule has 1 aliphatic rings. The molecule has 1 atom stereocenters. The zero-order valence-electron chi connectivity index (χ0n) is 9.82. The molecular formula is C13H18N2O2. The third-order valence-electron chi connectivity index (χ3n) is 2.95. The van der Waals surface area contributed by atoms with Gasteiger partial charge in [-0.15, -0.1) is 0 Å². The maximum absolute atomic E-state index is 10.6. The molecule has 1 unspecified atom stereocenters. The van der Waals surface area contributed by atoms with Crippen LogP contribution in [0.1, 0.15) is 30.9 Å². The number of fused-ring (bicyclic) bond motifs is 1. The van der Waals surface area contributed by atoms with Gasteiger partial charge in [0.05, 0.1) is 6.61 Å². The lowest BCUT2D eigenvalue weighted by Crippen LogP contribution is -2.28. The van der Waals surface area contributed by atoms with Crippen LogP contribution in [0.4, 0.5) is 0 Å². The summed E-state index contributed by atoms with van der Waals surface area (Å²) in [6.07, 6.45) is 2.19. The Bertz CT molecular complexity index is 393. The molecule has 0 aliphatic carbocycles. The van der Waals surface area contributed by atoms with Crippen LogP contribution < -0.4 is 15.8 Å². The van der Waals surface area contributed by atoms with Crippen LogP contribution in [-0.2, 0) is 4.79 Å². The summed E-state index contributed by atoms with van der Waals surface area (Å²) in [6, 6.07) is 8.40. The Morgan fingerprint density at radius 2 is 2.29 bits per heavy atom. The molecule has 0 saturated heterocycles. The van der Waals surface area contributed by atoms with Crippen molar-refractivity contribution in [1.82, 2.24) is 5.32 Å². The van der Waals surface area contributed by atoms with E-state index in [1.807, 2.05) is 18.2 Å². The number of benzene rings is 1. The molecule has 0 spiro atoms. The van der Waals surface area contributed by atoms with Gasteiger partial charge in [-0.2, -0.15) is 0 Å². The highest BCUT2D eigenvalue weighted by Gasteiger charge is 2.19. The summed E-state index contributed by atoms with van der Waals surface area (Å²) in [6.45, 7) is 1.55. The van der Waals surface area contributed by atoms with Crippen molar-refractivity contribution in [3.05, 3.63) is 29.8 Å². The van der Waals surface area contributed by atoms with E-state index in [1.165, 1.54) is 5.56 Å². The minimum Gasteiger partial charge on any atom is -0.493 e. The Morgan fingerprint density at radius 1 is 1.47 bits per heavy atom. The minimum atomic E-state index is -0.237. The van der Waals surface area contributed by atoms with Gasteiger partial charge in [0, 0.05) is 24.4 Å². The fourth-order valence-corrected chi connectivity index (χ4v) is 2.09. The lowest BCUT2D eigenvalue weighted by atomic mass is 10.0. The Morgan fingerprint density at radius 3 is 3.12 bits per heavy atom. The summed E-state index contributed by atoms with van der Waals surface area (Å²) in [7, 11) is 0. The number of carbonyl (C=O) groups is 1. The zero-order chi connectivity index (χ0) is 12.1.